The van der Waals surface area contributed by atoms with Crippen molar-refractivity contribution in [3.8, 4) is 0 Å². The maximum atomic E-state index is 12.1. The van der Waals surface area contributed by atoms with Crippen LogP contribution in [0.3, 0.4) is 0 Å². The maximum absolute atomic E-state index is 12.1. The van der Waals surface area contributed by atoms with Gasteiger partial charge < -0.3 is 15.6 Å². The van der Waals surface area contributed by atoms with Gasteiger partial charge in [0.2, 0.25) is 5.91 Å². The van der Waals surface area contributed by atoms with Crippen molar-refractivity contribution in [2.75, 3.05) is 19.6 Å². The molecule has 2 aromatic rings. The molecule has 0 aliphatic rings. The fourth-order valence-corrected chi connectivity index (χ4v) is 3.67. The molecule has 2 rings (SSSR count). The summed E-state index contributed by atoms with van der Waals surface area (Å²) in [5, 5.41) is 7.58. The zero-order valence-corrected chi connectivity index (χ0v) is 17.7. The molecule has 0 aliphatic heterocycles. The number of H-pyrrole nitrogens is 1. The lowest BCUT2D eigenvalue weighted by molar-refractivity contribution is -0.120. The Kier molecular flexibility index (Phi) is 11.4. The van der Waals surface area contributed by atoms with E-state index in [0.29, 0.717) is 13.0 Å². The summed E-state index contributed by atoms with van der Waals surface area (Å²) in [6.07, 6.45) is 16.0. The third-order valence-corrected chi connectivity index (χ3v) is 5.36. The van der Waals surface area contributed by atoms with Crippen molar-refractivity contribution < 1.29 is 4.79 Å². The molecule has 28 heavy (non-hydrogen) atoms. The first kappa shape index (κ1) is 22.5. The highest BCUT2D eigenvalue weighted by molar-refractivity contribution is 5.88. The molecule has 3 N–H and O–H groups in total. The second kappa shape index (κ2) is 14.2. The van der Waals surface area contributed by atoms with Crippen LogP contribution in [-0.2, 0) is 11.2 Å². The number of para-hydroxylation sites is 1. The number of carbonyl (C=O) groups excluding carboxylic acids is 1. The van der Waals surface area contributed by atoms with Crippen LogP contribution in [0.4, 0.5) is 0 Å². The Hall–Kier alpha value is -1.81. The van der Waals surface area contributed by atoms with Crippen LogP contribution in [-0.4, -0.2) is 30.5 Å². The molecule has 0 saturated carbocycles. The second-order valence-corrected chi connectivity index (χ2v) is 7.82. The van der Waals surface area contributed by atoms with Crippen LogP contribution in [0.25, 0.3) is 10.9 Å². The molecule has 4 nitrogen and oxygen atoms in total. The van der Waals surface area contributed by atoms with E-state index in [1.807, 2.05) is 24.4 Å². The number of hydrogen-bond acceptors (Lipinski definition) is 2. The minimum Gasteiger partial charge on any atom is -0.361 e. The number of nitrogens with one attached hydrogen (secondary N) is 3. The summed E-state index contributed by atoms with van der Waals surface area (Å²) in [5.41, 5.74) is 2.15. The molecular formula is C24H39N3O. The first-order valence-electron chi connectivity index (χ1n) is 11.3. The van der Waals surface area contributed by atoms with Gasteiger partial charge in [-0.05, 0) is 24.6 Å². The van der Waals surface area contributed by atoms with Crippen LogP contribution in [0.2, 0.25) is 0 Å². The second-order valence-electron chi connectivity index (χ2n) is 7.82. The van der Waals surface area contributed by atoms with Crippen molar-refractivity contribution >= 4 is 16.8 Å². The van der Waals surface area contributed by atoms with Crippen LogP contribution in [0.15, 0.2) is 30.5 Å². The molecule has 0 spiro atoms. The van der Waals surface area contributed by atoms with E-state index in [1.165, 1.54) is 64.2 Å². The smallest absolute Gasteiger partial charge is 0.224 e. The Morgan fingerprint density at radius 3 is 2.29 bits per heavy atom. The Balaban J connectivity index is 1.40. The van der Waals surface area contributed by atoms with Gasteiger partial charge in [-0.25, -0.2) is 0 Å². The number of aromatic amines is 1. The highest BCUT2D eigenvalue weighted by Crippen LogP contribution is 2.17. The molecular weight excluding hydrogens is 346 g/mol. The van der Waals surface area contributed by atoms with E-state index in [2.05, 4.69) is 28.6 Å². The monoisotopic (exact) mass is 385 g/mol. The van der Waals surface area contributed by atoms with Crippen LogP contribution in [0.1, 0.15) is 76.7 Å². The lowest BCUT2D eigenvalue weighted by Gasteiger charge is -2.07. The Morgan fingerprint density at radius 2 is 1.54 bits per heavy atom. The zero-order valence-electron chi connectivity index (χ0n) is 17.7. The SMILES string of the molecule is CCCCCCCCCCCCNCCNC(=O)Cc1c[nH]c2ccccc12. The highest BCUT2D eigenvalue weighted by atomic mass is 16.1. The summed E-state index contributed by atoms with van der Waals surface area (Å²) in [6.45, 7) is 4.86. The van der Waals surface area contributed by atoms with Gasteiger partial charge in [0, 0.05) is 30.2 Å². The molecule has 0 atom stereocenters. The van der Waals surface area contributed by atoms with Crippen molar-refractivity contribution in [1.82, 2.24) is 15.6 Å². The molecule has 4 heteroatoms. The summed E-state index contributed by atoms with van der Waals surface area (Å²) < 4.78 is 0. The molecule has 0 radical (unpaired) electrons. The number of unbranched alkanes of at least 4 members (excludes halogenated alkanes) is 9. The molecule has 0 bridgehead atoms. The Bertz CT molecular complexity index is 665. The van der Waals surface area contributed by atoms with Gasteiger partial charge in [0.05, 0.1) is 6.42 Å². The minimum atomic E-state index is 0.0884. The first-order valence-corrected chi connectivity index (χ1v) is 11.3. The summed E-state index contributed by atoms with van der Waals surface area (Å²) in [5.74, 6) is 0.0884. The number of amides is 1. The van der Waals surface area contributed by atoms with Crippen molar-refractivity contribution in [2.45, 2.75) is 77.6 Å². The van der Waals surface area contributed by atoms with Crippen LogP contribution in [0, 0.1) is 0 Å². The highest BCUT2D eigenvalue weighted by Gasteiger charge is 2.07. The van der Waals surface area contributed by atoms with E-state index >= 15 is 0 Å². The average Bonchev–Trinajstić information content (AvgIpc) is 3.11. The summed E-state index contributed by atoms with van der Waals surface area (Å²) >= 11 is 0. The van der Waals surface area contributed by atoms with Gasteiger partial charge in [-0.1, -0.05) is 82.9 Å². The molecule has 1 aromatic carbocycles. The third kappa shape index (κ3) is 8.92. The van der Waals surface area contributed by atoms with Gasteiger partial charge >= 0.3 is 0 Å². The third-order valence-electron chi connectivity index (χ3n) is 5.36. The van der Waals surface area contributed by atoms with Crippen molar-refractivity contribution in [2.24, 2.45) is 0 Å². The van der Waals surface area contributed by atoms with Gasteiger partial charge in [0.25, 0.3) is 0 Å². The Morgan fingerprint density at radius 1 is 0.857 bits per heavy atom. The van der Waals surface area contributed by atoms with E-state index in [0.717, 1.165) is 29.6 Å². The van der Waals surface area contributed by atoms with E-state index in [4.69, 9.17) is 0 Å². The molecule has 156 valence electrons. The first-order chi connectivity index (χ1) is 13.8. The van der Waals surface area contributed by atoms with Gasteiger partial charge in [-0.2, -0.15) is 0 Å². The Labute approximate surface area is 170 Å². The molecule has 1 aromatic heterocycles. The van der Waals surface area contributed by atoms with Gasteiger partial charge in [-0.15, -0.1) is 0 Å². The largest absolute Gasteiger partial charge is 0.361 e. The van der Waals surface area contributed by atoms with E-state index in [1.54, 1.807) is 0 Å². The molecule has 1 heterocycles. The van der Waals surface area contributed by atoms with Crippen molar-refractivity contribution in [3.63, 3.8) is 0 Å². The average molecular weight is 386 g/mol. The number of benzene rings is 1. The summed E-state index contributed by atoms with van der Waals surface area (Å²) in [4.78, 5) is 15.3. The molecule has 0 fully saturated rings. The quantitative estimate of drug-likeness (QED) is 0.342. The number of aromatic nitrogens is 1. The van der Waals surface area contributed by atoms with Crippen molar-refractivity contribution in [3.05, 3.63) is 36.0 Å². The topological polar surface area (TPSA) is 56.9 Å². The minimum absolute atomic E-state index is 0.0884. The molecule has 0 saturated heterocycles. The predicted molar refractivity (Wildman–Crippen MR) is 120 cm³/mol. The van der Waals surface area contributed by atoms with Crippen molar-refractivity contribution in [1.29, 1.82) is 0 Å². The lowest BCUT2D eigenvalue weighted by atomic mass is 10.1. The van der Waals surface area contributed by atoms with Crippen LogP contribution < -0.4 is 10.6 Å². The number of rotatable bonds is 16. The maximum Gasteiger partial charge on any atom is 0.224 e. The van der Waals surface area contributed by atoms with Crippen LogP contribution in [0.5, 0.6) is 0 Å². The number of hydrogen-bond donors (Lipinski definition) is 3. The fourth-order valence-electron chi connectivity index (χ4n) is 3.67. The van der Waals surface area contributed by atoms with E-state index < -0.39 is 0 Å². The number of fused-ring (bicyclic) bond motifs is 1. The standard InChI is InChI=1S/C24H39N3O/c1-2-3-4-5-6-7-8-9-10-13-16-25-17-18-26-24(28)19-21-20-27-23-15-12-11-14-22(21)23/h11-12,14-15,20,25,27H,2-10,13,16-19H2,1H3,(H,26,28). The normalized spacial score (nSPS) is 11.2. The lowest BCUT2D eigenvalue weighted by Crippen LogP contribution is -2.33. The number of carbonyl (C=O) groups is 1. The van der Waals surface area contributed by atoms with Crippen LogP contribution >= 0.6 is 0 Å². The van der Waals surface area contributed by atoms with E-state index in [-0.39, 0.29) is 5.91 Å². The van der Waals surface area contributed by atoms with Gasteiger partial charge in [0.15, 0.2) is 0 Å². The summed E-state index contributed by atoms with van der Waals surface area (Å²) in [6, 6.07) is 8.11. The molecule has 1 amide bonds. The predicted octanol–water partition coefficient (Wildman–Crippen LogP) is 5.34. The fraction of sp³-hybridized carbons (Fsp3) is 0.625. The molecule has 0 unspecified atom stereocenters. The molecule has 0 aliphatic carbocycles. The van der Waals surface area contributed by atoms with Gasteiger partial charge in [-0.3, -0.25) is 4.79 Å². The van der Waals surface area contributed by atoms with E-state index in [9.17, 15) is 4.79 Å². The summed E-state index contributed by atoms with van der Waals surface area (Å²) in [7, 11) is 0. The zero-order chi connectivity index (χ0) is 19.9. The van der Waals surface area contributed by atoms with Gasteiger partial charge in [0.1, 0.15) is 0 Å².